The second-order valence-corrected chi connectivity index (χ2v) is 8.55. The summed E-state index contributed by atoms with van der Waals surface area (Å²) >= 11 is 0. The first-order valence-electron chi connectivity index (χ1n) is 8.87. The van der Waals surface area contributed by atoms with Gasteiger partial charge in [-0.15, -0.1) is 0 Å². The zero-order valence-corrected chi connectivity index (χ0v) is 16.1. The van der Waals surface area contributed by atoms with Gasteiger partial charge in [-0.3, -0.25) is 14.5 Å². The van der Waals surface area contributed by atoms with Gasteiger partial charge in [0.2, 0.25) is 15.9 Å². The van der Waals surface area contributed by atoms with Gasteiger partial charge in [-0.2, -0.15) is 0 Å². The zero-order valence-electron chi connectivity index (χ0n) is 15.3. The van der Waals surface area contributed by atoms with Crippen LogP contribution in [0.15, 0.2) is 0 Å². The second kappa shape index (κ2) is 10.7. The molecule has 0 bridgehead atoms. The topological polar surface area (TPSA) is 98.2 Å². The molecule has 146 valence electrons. The Kier molecular flexibility index (Phi) is 9.37. The van der Waals surface area contributed by atoms with Crippen molar-refractivity contribution >= 4 is 22.4 Å². The lowest BCUT2D eigenvalue weighted by Gasteiger charge is -2.31. The number of likely N-dealkylation sites (tertiary alicyclic amines) is 1. The van der Waals surface area contributed by atoms with Crippen LogP contribution in [0.3, 0.4) is 0 Å². The SMILES string of the molecule is CC(C(=O)N1CCCN(S(C)(=O)=O)CC1)N1CCCCCC1.O=CO. The van der Waals surface area contributed by atoms with Gasteiger partial charge in [0.15, 0.2) is 0 Å². The van der Waals surface area contributed by atoms with E-state index in [1.54, 1.807) is 0 Å². The molecule has 0 aliphatic carbocycles. The summed E-state index contributed by atoms with van der Waals surface area (Å²) in [5.74, 6) is 0.150. The molecular formula is C16H31N3O5S. The molecule has 0 radical (unpaired) electrons. The standard InChI is InChI=1S/C15H29N3O3S.CH2O2/c1-14(16-8-5-3-4-6-9-16)15(19)17-10-7-11-18(13-12-17)22(2,20)21;2-1-3/h14H,3-13H2,1-2H3;1H,(H,2,3). The molecule has 2 fully saturated rings. The molecule has 0 aromatic rings. The highest BCUT2D eigenvalue weighted by Crippen LogP contribution is 2.15. The molecule has 25 heavy (non-hydrogen) atoms. The van der Waals surface area contributed by atoms with Crippen molar-refractivity contribution in [3.05, 3.63) is 0 Å². The largest absolute Gasteiger partial charge is 0.483 e. The Bertz CT molecular complexity index is 518. The third-order valence-corrected chi connectivity index (χ3v) is 6.08. The summed E-state index contributed by atoms with van der Waals surface area (Å²) in [4.78, 5) is 25.2. The molecule has 2 aliphatic rings. The summed E-state index contributed by atoms with van der Waals surface area (Å²) < 4.78 is 24.8. The molecule has 1 unspecified atom stereocenters. The van der Waals surface area contributed by atoms with Gasteiger partial charge in [0.25, 0.3) is 6.47 Å². The van der Waals surface area contributed by atoms with E-state index >= 15 is 0 Å². The first kappa shape index (κ1) is 21.9. The fourth-order valence-electron chi connectivity index (χ4n) is 3.35. The lowest BCUT2D eigenvalue weighted by molar-refractivity contribution is -0.136. The van der Waals surface area contributed by atoms with E-state index in [0.717, 1.165) is 13.1 Å². The normalized spacial score (nSPS) is 22.1. The minimum Gasteiger partial charge on any atom is -0.483 e. The fourth-order valence-corrected chi connectivity index (χ4v) is 4.22. The van der Waals surface area contributed by atoms with Crippen molar-refractivity contribution in [2.45, 2.75) is 45.1 Å². The predicted molar refractivity (Wildman–Crippen MR) is 95.8 cm³/mol. The van der Waals surface area contributed by atoms with E-state index in [1.165, 1.54) is 36.2 Å². The average molecular weight is 378 g/mol. The van der Waals surface area contributed by atoms with Crippen LogP contribution < -0.4 is 0 Å². The summed E-state index contributed by atoms with van der Waals surface area (Å²) in [5.41, 5.74) is 0. The van der Waals surface area contributed by atoms with Gasteiger partial charge in [0.1, 0.15) is 0 Å². The Balaban J connectivity index is 0.000000970. The number of carbonyl (C=O) groups excluding carboxylic acids is 1. The Morgan fingerprint density at radius 3 is 2.04 bits per heavy atom. The molecule has 2 heterocycles. The molecule has 1 amide bonds. The molecule has 0 saturated carbocycles. The highest BCUT2D eigenvalue weighted by Gasteiger charge is 2.29. The van der Waals surface area contributed by atoms with Crippen LogP contribution in [0.1, 0.15) is 39.0 Å². The van der Waals surface area contributed by atoms with Gasteiger partial charge < -0.3 is 10.0 Å². The van der Waals surface area contributed by atoms with Gasteiger partial charge in [-0.05, 0) is 39.3 Å². The summed E-state index contributed by atoms with van der Waals surface area (Å²) in [7, 11) is -3.16. The number of rotatable bonds is 3. The lowest BCUT2D eigenvalue weighted by atomic mass is 10.2. The Hall–Kier alpha value is -1.19. The van der Waals surface area contributed by atoms with E-state index in [-0.39, 0.29) is 18.4 Å². The van der Waals surface area contributed by atoms with Gasteiger partial charge >= 0.3 is 0 Å². The third-order valence-electron chi connectivity index (χ3n) is 4.78. The van der Waals surface area contributed by atoms with Gasteiger partial charge in [0, 0.05) is 26.2 Å². The molecule has 1 atom stereocenters. The number of hydrogen-bond donors (Lipinski definition) is 1. The molecule has 8 nitrogen and oxygen atoms in total. The minimum absolute atomic E-state index is 0.0946. The summed E-state index contributed by atoms with van der Waals surface area (Å²) in [6, 6.07) is -0.0946. The van der Waals surface area contributed by atoms with Crippen molar-refractivity contribution in [3.8, 4) is 0 Å². The maximum absolute atomic E-state index is 12.7. The highest BCUT2D eigenvalue weighted by atomic mass is 32.2. The maximum atomic E-state index is 12.7. The van der Waals surface area contributed by atoms with E-state index in [1.807, 2.05) is 11.8 Å². The second-order valence-electron chi connectivity index (χ2n) is 6.57. The zero-order chi connectivity index (χ0) is 18.9. The molecule has 0 aromatic carbocycles. The molecule has 2 rings (SSSR count). The van der Waals surface area contributed by atoms with E-state index in [0.29, 0.717) is 32.6 Å². The van der Waals surface area contributed by atoms with Crippen LogP contribution in [0, 0.1) is 0 Å². The first-order chi connectivity index (χ1) is 11.8. The number of hydrogen-bond acceptors (Lipinski definition) is 5. The maximum Gasteiger partial charge on any atom is 0.290 e. The lowest BCUT2D eigenvalue weighted by Crippen LogP contribution is -2.48. The number of sulfonamides is 1. The summed E-state index contributed by atoms with van der Waals surface area (Å²) in [5, 5.41) is 6.89. The number of carbonyl (C=O) groups is 2. The third kappa shape index (κ3) is 7.29. The van der Waals surface area contributed by atoms with E-state index in [2.05, 4.69) is 4.90 Å². The smallest absolute Gasteiger partial charge is 0.290 e. The van der Waals surface area contributed by atoms with Crippen LogP contribution in [0.2, 0.25) is 0 Å². The molecular weight excluding hydrogens is 346 g/mol. The van der Waals surface area contributed by atoms with Crippen molar-refractivity contribution < 1.29 is 23.1 Å². The van der Waals surface area contributed by atoms with Crippen LogP contribution in [-0.4, -0.2) is 91.6 Å². The van der Waals surface area contributed by atoms with Crippen molar-refractivity contribution in [2.75, 3.05) is 45.5 Å². The van der Waals surface area contributed by atoms with Crippen LogP contribution in [0.25, 0.3) is 0 Å². The quantitative estimate of drug-likeness (QED) is 0.717. The number of amides is 1. The molecule has 0 spiro atoms. The molecule has 0 aromatic heterocycles. The summed E-state index contributed by atoms with van der Waals surface area (Å²) in [6.45, 7) is 5.82. The van der Waals surface area contributed by atoms with E-state index in [4.69, 9.17) is 9.90 Å². The Labute approximate surface area is 150 Å². The van der Waals surface area contributed by atoms with Crippen LogP contribution in [0.5, 0.6) is 0 Å². The van der Waals surface area contributed by atoms with Crippen molar-refractivity contribution in [2.24, 2.45) is 0 Å². The monoisotopic (exact) mass is 377 g/mol. The number of carboxylic acid groups (broad SMARTS) is 1. The molecule has 9 heteroatoms. The summed E-state index contributed by atoms with van der Waals surface area (Å²) in [6.07, 6.45) is 6.80. The predicted octanol–water partition coefficient (Wildman–Crippen LogP) is 0.446. The van der Waals surface area contributed by atoms with Crippen LogP contribution >= 0.6 is 0 Å². The first-order valence-corrected chi connectivity index (χ1v) is 10.7. The minimum atomic E-state index is -3.16. The van der Waals surface area contributed by atoms with Gasteiger partial charge in [0.05, 0.1) is 12.3 Å². The molecule has 2 saturated heterocycles. The average Bonchev–Trinajstić information content (AvgIpc) is 2.96. The molecule has 1 N–H and O–H groups in total. The van der Waals surface area contributed by atoms with Crippen molar-refractivity contribution in [1.82, 2.24) is 14.1 Å². The fraction of sp³-hybridized carbons (Fsp3) is 0.875. The Morgan fingerprint density at radius 1 is 0.960 bits per heavy atom. The highest BCUT2D eigenvalue weighted by molar-refractivity contribution is 7.88. The van der Waals surface area contributed by atoms with Crippen molar-refractivity contribution in [3.63, 3.8) is 0 Å². The van der Waals surface area contributed by atoms with E-state index in [9.17, 15) is 13.2 Å². The van der Waals surface area contributed by atoms with Gasteiger partial charge in [-0.1, -0.05) is 12.8 Å². The van der Waals surface area contributed by atoms with E-state index < -0.39 is 10.0 Å². The number of nitrogens with zero attached hydrogens (tertiary/aromatic N) is 3. The van der Waals surface area contributed by atoms with Gasteiger partial charge in [-0.25, -0.2) is 12.7 Å². The van der Waals surface area contributed by atoms with Crippen LogP contribution in [0.4, 0.5) is 0 Å². The Morgan fingerprint density at radius 2 is 1.52 bits per heavy atom. The molecule has 2 aliphatic heterocycles. The van der Waals surface area contributed by atoms with Crippen molar-refractivity contribution in [1.29, 1.82) is 0 Å². The van der Waals surface area contributed by atoms with Crippen LogP contribution in [-0.2, 0) is 19.6 Å².